The van der Waals surface area contributed by atoms with Gasteiger partial charge < -0.3 is 15.9 Å². The maximum atomic E-state index is 12.0. The van der Waals surface area contributed by atoms with Gasteiger partial charge in [0.15, 0.2) is 5.65 Å². The summed E-state index contributed by atoms with van der Waals surface area (Å²) in [6.45, 7) is 1.78. The number of hydrogen-bond acceptors (Lipinski definition) is 8. The van der Waals surface area contributed by atoms with Crippen LogP contribution in [0.1, 0.15) is 16.1 Å². The summed E-state index contributed by atoms with van der Waals surface area (Å²) in [5.41, 5.74) is 7.26. The molecule has 28 heavy (non-hydrogen) atoms. The van der Waals surface area contributed by atoms with E-state index in [0.717, 1.165) is 0 Å². The molecule has 0 aliphatic carbocycles. The Labute approximate surface area is 166 Å². The van der Waals surface area contributed by atoms with Gasteiger partial charge in [0.05, 0.1) is 6.20 Å². The summed E-state index contributed by atoms with van der Waals surface area (Å²) in [5, 5.41) is 23.1. The van der Waals surface area contributed by atoms with Crippen molar-refractivity contribution in [2.45, 2.75) is 23.4 Å². The summed E-state index contributed by atoms with van der Waals surface area (Å²) in [7, 11) is 0. The van der Waals surface area contributed by atoms with Crippen LogP contribution in [0, 0.1) is 6.92 Å². The number of aromatic carboxylic acids is 1. The molecule has 0 bridgehead atoms. The van der Waals surface area contributed by atoms with Gasteiger partial charge in [-0.15, -0.1) is 23.5 Å². The van der Waals surface area contributed by atoms with E-state index in [2.05, 4.69) is 10.1 Å². The summed E-state index contributed by atoms with van der Waals surface area (Å²) < 4.78 is 1.44. The highest BCUT2D eigenvalue weighted by Crippen LogP contribution is 2.40. The Bertz CT molecular complexity index is 1070. The zero-order chi connectivity index (χ0) is 20.2. The Morgan fingerprint density at radius 1 is 1.39 bits per heavy atom. The average Bonchev–Trinajstić information content (AvgIpc) is 3.09. The van der Waals surface area contributed by atoms with Gasteiger partial charge >= 0.3 is 11.9 Å². The van der Waals surface area contributed by atoms with Crippen LogP contribution in [0.25, 0.3) is 5.65 Å². The van der Waals surface area contributed by atoms with Gasteiger partial charge in [-0.25, -0.2) is 19.1 Å². The number of aromatic nitrogens is 3. The van der Waals surface area contributed by atoms with E-state index in [9.17, 15) is 24.6 Å². The third kappa shape index (κ3) is 2.84. The molecule has 4 N–H and O–H groups in total. The summed E-state index contributed by atoms with van der Waals surface area (Å²) in [4.78, 5) is 40.7. The predicted octanol–water partition coefficient (Wildman–Crippen LogP) is 0.409. The average molecular weight is 421 g/mol. The lowest BCUT2D eigenvalue weighted by Crippen LogP contribution is -2.68. The number of rotatable bonds is 5. The summed E-state index contributed by atoms with van der Waals surface area (Å²) in [5.74, 6) is -1.92. The van der Waals surface area contributed by atoms with Gasteiger partial charge in [0.25, 0.3) is 0 Å². The standard InChI is InChI=1S/C16H15N5O5S2/c1-6-2-9(19-12-8(15(23)24)3-18-21(6)12)27-4-7-5-28-14-10(17)13(22)20(14)11(7)16(25)26/h2-3,10,14H,4-5,17H2,1H3,(H,23,24)(H,25,26)/t10-,14-/m1/s1. The Morgan fingerprint density at radius 3 is 2.82 bits per heavy atom. The Balaban J connectivity index is 1.63. The second-order valence-corrected chi connectivity index (χ2v) is 8.42. The summed E-state index contributed by atoms with van der Waals surface area (Å²) in [6, 6.07) is 1.08. The number of aryl methyl sites for hydroxylation is 1. The van der Waals surface area contributed by atoms with Crippen LogP contribution in [0.15, 0.2) is 28.6 Å². The number of carbonyl (C=O) groups is 3. The molecule has 1 fully saturated rings. The number of nitrogens with two attached hydrogens (primary N) is 1. The first-order chi connectivity index (χ1) is 13.3. The largest absolute Gasteiger partial charge is 0.477 e. The van der Waals surface area contributed by atoms with Gasteiger partial charge in [-0.2, -0.15) is 5.10 Å². The van der Waals surface area contributed by atoms with Crippen molar-refractivity contribution in [3.05, 3.63) is 34.8 Å². The van der Waals surface area contributed by atoms with E-state index in [1.165, 1.54) is 39.1 Å². The molecule has 1 saturated heterocycles. The highest BCUT2D eigenvalue weighted by molar-refractivity contribution is 8.01. The minimum atomic E-state index is -1.16. The number of carboxylic acid groups (broad SMARTS) is 2. The monoisotopic (exact) mass is 421 g/mol. The first kappa shape index (κ1) is 18.8. The quantitative estimate of drug-likeness (QED) is 0.352. The van der Waals surface area contributed by atoms with E-state index < -0.39 is 23.9 Å². The van der Waals surface area contributed by atoms with Crippen LogP contribution in [-0.4, -0.2) is 70.5 Å². The molecule has 0 saturated carbocycles. The molecule has 12 heteroatoms. The molecule has 2 aliphatic rings. The molecule has 2 aliphatic heterocycles. The zero-order valence-electron chi connectivity index (χ0n) is 14.5. The van der Waals surface area contributed by atoms with Gasteiger partial charge in [0.2, 0.25) is 5.91 Å². The lowest BCUT2D eigenvalue weighted by Gasteiger charge is -2.48. The van der Waals surface area contributed by atoms with Crippen molar-refractivity contribution in [1.82, 2.24) is 19.5 Å². The number of thioether (sulfide) groups is 2. The van der Waals surface area contributed by atoms with E-state index in [1.807, 2.05) is 0 Å². The Hall–Kier alpha value is -2.57. The molecule has 2 aromatic rings. The normalized spacial score (nSPS) is 21.6. The fourth-order valence-electron chi connectivity index (χ4n) is 3.16. The molecular formula is C16H15N5O5S2. The highest BCUT2D eigenvalue weighted by atomic mass is 32.2. The second kappa shape index (κ2) is 6.79. The van der Waals surface area contributed by atoms with Crippen LogP contribution in [-0.2, 0) is 9.59 Å². The molecule has 4 heterocycles. The van der Waals surface area contributed by atoms with Crippen molar-refractivity contribution in [3.63, 3.8) is 0 Å². The molecule has 4 rings (SSSR count). The minimum absolute atomic E-state index is 0.00721. The fraction of sp³-hybridized carbons (Fsp3) is 0.312. The molecule has 0 unspecified atom stereocenters. The molecule has 2 atom stereocenters. The van der Waals surface area contributed by atoms with Crippen molar-refractivity contribution < 1.29 is 24.6 Å². The van der Waals surface area contributed by atoms with Crippen molar-refractivity contribution in [2.75, 3.05) is 11.5 Å². The lowest BCUT2D eigenvalue weighted by atomic mass is 10.0. The summed E-state index contributed by atoms with van der Waals surface area (Å²) in [6.07, 6.45) is 1.24. The van der Waals surface area contributed by atoms with Gasteiger partial charge in [-0.3, -0.25) is 9.69 Å². The van der Waals surface area contributed by atoms with Crippen LogP contribution >= 0.6 is 23.5 Å². The number of fused-ring (bicyclic) bond motifs is 2. The fourth-order valence-corrected chi connectivity index (χ4v) is 5.55. The van der Waals surface area contributed by atoms with Gasteiger partial charge in [0.1, 0.15) is 27.7 Å². The molecule has 0 aromatic carbocycles. The molecule has 0 radical (unpaired) electrons. The third-order valence-electron chi connectivity index (χ3n) is 4.54. The topological polar surface area (TPSA) is 151 Å². The van der Waals surface area contributed by atoms with Crippen LogP contribution in [0.3, 0.4) is 0 Å². The zero-order valence-corrected chi connectivity index (χ0v) is 16.2. The Morgan fingerprint density at radius 2 is 2.14 bits per heavy atom. The second-order valence-electron chi connectivity index (χ2n) is 6.32. The molecule has 2 aromatic heterocycles. The maximum absolute atomic E-state index is 12.0. The van der Waals surface area contributed by atoms with Gasteiger partial charge in [-0.1, -0.05) is 0 Å². The number of amides is 1. The van der Waals surface area contributed by atoms with Gasteiger partial charge in [0, 0.05) is 17.2 Å². The van der Waals surface area contributed by atoms with Crippen LogP contribution in [0.2, 0.25) is 0 Å². The van der Waals surface area contributed by atoms with Crippen molar-refractivity contribution in [2.24, 2.45) is 5.73 Å². The van der Waals surface area contributed by atoms with E-state index >= 15 is 0 Å². The molecular weight excluding hydrogens is 406 g/mol. The molecule has 0 spiro atoms. The van der Waals surface area contributed by atoms with E-state index in [-0.39, 0.29) is 22.3 Å². The van der Waals surface area contributed by atoms with E-state index in [0.29, 0.717) is 27.8 Å². The number of nitrogens with zero attached hydrogens (tertiary/aromatic N) is 4. The lowest BCUT2D eigenvalue weighted by molar-refractivity contribution is -0.147. The maximum Gasteiger partial charge on any atom is 0.352 e. The predicted molar refractivity (Wildman–Crippen MR) is 101 cm³/mol. The highest BCUT2D eigenvalue weighted by Gasteiger charge is 2.51. The molecule has 1 amide bonds. The third-order valence-corrected chi connectivity index (χ3v) is 6.90. The first-order valence-electron chi connectivity index (χ1n) is 8.16. The van der Waals surface area contributed by atoms with E-state index in [1.54, 1.807) is 13.0 Å². The number of aliphatic carboxylic acids is 1. The number of hydrogen-bond donors (Lipinski definition) is 3. The number of carbonyl (C=O) groups excluding carboxylic acids is 1. The minimum Gasteiger partial charge on any atom is -0.477 e. The van der Waals surface area contributed by atoms with Crippen molar-refractivity contribution in [3.8, 4) is 0 Å². The smallest absolute Gasteiger partial charge is 0.352 e. The molecule has 10 nitrogen and oxygen atoms in total. The van der Waals surface area contributed by atoms with Gasteiger partial charge in [-0.05, 0) is 18.6 Å². The van der Waals surface area contributed by atoms with Crippen LogP contribution < -0.4 is 5.73 Å². The summed E-state index contributed by atoms with van der Waals surface area (Å²) >= 11 is 2.72. The van der Waals surface area contributed by atoms with Crippen LogP contribution in [0.4, 0.5) is 0 Å². The number of β-lactam (4-membered cyclic amide) rings is 1. The SMILES string of the molecule is Cc1cc(SCC2=C(C(=O)O)N3C(=O)[C@@H](N)[C@H]3SC2)nc2c(C(=O)O)cnn12. The van der Waals surface area contributed by atoms with Crippen LogP contribution in [0.5, 0.6) is 0 Å². The first-order valence-corrected chi connectivity index (χ1v) is 10.2. The van der Waals surface area contributed by atoms with Crippen molar-refractivity contribution in [1.29, 1.82) is 0 Å². The van der Waals surface area contributed by atoms with E-state index in [4.69, 9.17) is 5.73 Å². The number of carboxylic acids is 2. The Kier molecular flexibility index (Phi) is 4.56. The van der Waals surface area contributed by atoms with Crippen molar-refractivity contribution >= 4 is 47.0 Å². The molecule has 146 valence electrons.